The number of aromatic nitrogens is 4. The second kappa shape index (κ2) is 6.37. The van der Waals surface area contributed by atoms with Crippen LogP contribution in [-0.2, 0) is 0 Å². The highest BCUT2D eigenvalue weighted by molar-refractivity contribution is 7.15. The highest BCUT2D eigenvalue weighted by atomic mass is 32.1. The minimum atomic E-state index is -0.244. The van der Waals surface area contributed by atoms with E-state index in [-0.39, 0.29) is 5.91 Å². The molecule has 7 heteroatoms. The van der Waals surface area contributed by atoms with E-state index in [2.05, 4.69) is 25.5 Å². The molecule has 1 N–H and O–H groups in total. The van der Waals surface area contributed by atoms with Gasteiger partial charge in [-0.2, -0.15) is 0 Å². The standard InChI is InChI=1S/C18H13N5OS/c1-11-22-23-18(25-11)21-17(24)13-10-16(15-8-4-5-9-19-15)20-14-7-3-2-6-12(13)14/h2-10H,1H3,(H,21,23,24). The molecule has 0 atom stereocenters. The lowest BCUT2D eigenvalue weighted by Crippen LogP contribution is -2.13. The Labute approximate surface area is 147 Å². The van der Waals surface area contributed by atoms with Gasteiger partial charge in [-0.05, 0) is 31.2 Å². The van der Waals surface area contributed by atoms with Gasteiger partial charge in [0.25, 0.3) is 5.91 Å². The predicted octanol–water partition coefficient (Wildman–Crippen LogP) is 3.71. The molecule has 0 aliphatic rings. The van der Waals surface area contributed by atoms with Crippen molar-refractivity contribution in [2.75, 3.05) is 5.32 Å². The van der Waals surface area contributed by atoms with Crippen molar-refractivity contribution in [3.63, 3.8) is 0 Å². The van der Waals surface area contributed by atoms with E-state index in [0.717, 1.165) is 15.9 Å². The van der Waals surface area contributed by atoms with Gasteiger partial charge in [0, 0.05) is 11.6 Å². The molecule has 0 radical (unpaired) electrons. The van der Waals surface area contributed by atoms with E-state index < -0.39 is 0 Å². The summed E-state index contributed by atoms with van der Waals surface area (Å²) >= 11 is 1.33. The van der Waals surface area contributed by atoms with E-state index in [4.69, 9.17) is 0 Å². The first-order chi connectivity index (χ1) is 12.2. The van der Waals surface area contributed by atoms with E-state index >= 15 is 0 Å². The lowest BCUT2D eigenvalue weighted by atomic mass is 10.1. The zero-order chi connectivity index (χ0) is 17.2. The van der Waals surface area contributed by atoms with Gasteiger partial charge in [-0.3, -0.25) is 15.1 Å². The SMILES string of the molecule is Cc1nnc(NC(=O)c2cc(-c3ccccn3)nc3ccccc23)s1. The second-order valence-electron chi connectivity index (χ2n) is 5.37. The molecular formula is C18H13N5OS. The molecule has 122 valence electrons. The number of amides is 1. The average molecular weight is 347 g/mol. The fourth-order valence-electron chi connectivity index (χ4n) is 2.52. The molecule has 0 unspecified atom stereocenters. The van der Waals surface area contributed by atoms with Crippen LogP contribution in [0.25, 0.3) is 22.3 Å². The fourth-order valence-corrected chi connectivity index (χ4v) is 3.11. The molecule has 0 saturated carbocycles. The summed E-state index contributed by atoms with van der Waals surface area (Å²) in [6.07, 6.45) is 1.70. The number of fused-ring (bicyclic) bond motifs is 1. The van der Waals surface area contributed by atoms with Gasteiger partial charge in [0.2, 0.25) is 5.13 Å². The van der Waals surface area contributed by atoms with E-state index in [1.54, 1.807) is 12.3 Å². The van der Waals surface area contributed by atoms with Gasteiger partial charge in [-0.25, -0.2) is 4.98 Å². The van der Waals surface area contributed by atoms with Crippen LogP contribution in [0.15, 0.2) is 54.7 Å². The van der Waals surface area contributed by atoms with Crippen LogP contribution in [0.1, 0.15) is 15.4 Å². The van der Waals surface area contributed by atoms with Gasteiger partial charge in [0.1, 0.15) is 5.01 Å². The molecule has 6 nitrogen and oxygen atoms in total. The Morgan fingerprint density at radius 2 is 1.88 bits per heavy atom. The van der Waals surface area contributed by atoms with Crippen molar-refractivity contribution < 1.29 is 4.79 Å². The van der Waals surface area contributed by atoms with E-state index in [1.807, 2.05) is 49.4 Å². The van der Waals surface area contributed by atoms with Crippen LogP contribution < -0.4 is 5.32 Å². The van der Waals surface area contributed by atoms with Crippen molar-refractivity contribution in [2.24, 2.45) is 0 Å². The van der Waals surface area contributed by atoms with E-state index in [9.17, 15) is 4.79 Å². The number of aryl methyl sites for hydroxylation is 1. The number of hydrogen-bond acceptors (Lipinski definition) is 6. The van der Waals surface area contributed by atoms with Crippen molar-refractivity contribution in [3.8, 4) is 11.4 Å². The van der Waals surface area contributed by atoms with Crippen molar-refractivity contribution in [1.29, 1.82) is 0 Å². The summed E-state index contributed by atoms with van der Waals surface area (Å²) in [6.45, 7) is 1.84. The van der Waals surface area contributed by atoms with Crippen LogP contribution in [0.3, 0.4) is 0 Å². The van der Waals surface area contributed by atoms with Crippen molar-refractivity contribution in [1.82, 2.24) is 20.2 Å². The number of hydrogen-bond donors (Lipinski definition) is 1. The Bertz CT molecular complexity index is 1060. The molecule has 1 aromatic carbocycles. The minimum absolute atomic E-state index is 0.244. The van der Waals surface area contributed by atoms with Gasteiger partial charge >= 0.3 is 0 Å². The van der Waals surface area contributed by atoms with Crippen LogP contribution in [0.2, 0.25) is 0 Å². The smallest absolute Gasteiger partial charge is 0.258 e. The summed E-state index contributed by atoms with van der Waals surface area (Å²) in [4.78, 5) is 21.8. The molecule has 0 aliphatic heterocycles. The summed E-state index contributed by atoms with van der Waals surface area (Å²) in [5, 5.41) is 12.7. The van der Waals surface area contributed by atoms with Crippen molar-refractivity contribution >= 4 is 33.3 Å². The quantitative estimate of drug-likeness (QED) is 0.611. The molecule has 0 spiro atoms. The molecule has 0 fully saturated rings. The maximum Gasteiger partial charge on any atom is 0.258 e. The lowest BCUT2D eigenvalue weighted by Gasteiger charge is -2.09. The normalized spacial score (nSPS) is 10.8. The topological polar surface area (TPSA) is 80.7 Å². The molecule has 3 heterocycles. The van der Waals surface area contributed by atoms with Gasteiger partial charge < -0.3 is 0 Å². The largest absolute Gasteiger partial charge is 0.296 e. The number of benzene rings is 1. The Hall–Kier alpha value is -3.19. The van der Waals surface area contributed by atoms with Gasteiger partial charge in [-0.1, -0.05) is 35.6 Å². The fraction of sp³-hybridized carbons (Fsp3) is 0.0556. The number of para-hydroxylation sites is 1. The number of pyridine rings is 2. The van der Waals surface area contributed by atoms with Gasteiger partial charge in [-0.15, -0.1) is 10.2 Å². The van der Waals surface area contributed by atoms with Gasteiger partial charge in [0.15, 0.2) is 0 Å². The summed E-state index contributed by atoms with van der Waals surface area (Å²) in [6, 6.07) is 14.9. The summed E-state index contributed by atoms with van der Waals surface area (Å²) < 4.78 is 0. The average Bonchev–Trinajstić information content (AvgIpc) is 3.06. The lowest BCUT2D eigenvalue weighted by molar-refractivity contribution is 0.102. The van der Waals surface area contributed by atoms with Crippen LogP contribution in [0, 0.1) is 6.92 Å². The van der Waals surface area contributed by atoms with Crippen LogP contribution >= 0.6 is 11.3 Å². The highest BCUT2D eigenvalue weighted by Gasteiger charge is 2.15. The molecule has 4 rings (SSSR count). The number of carbonyl (C=O) groups is 1. The molecule has 0 saturated heterocycles. The zero-order valence-corrected chi connectivity index (χ0v) is 14.1. The predicted molar refractivity (Wildman–Crippen MR) is 97.6 cm³/mol. The second-order valence-corrected chi connectivity index (χ2v) is 6.55. The Morgan fingerprint density at radius 3 is 2.64 bits per heavy atom. The van der Waals surface area contributed by atoms with E-state index in [1.165, 1.54) is 11.3 Å². The molecule has 0 aliphatic carbocycles. The van der Waals surface area contributed by atoms with Crippen molar-refractivity contribution in [2.45, 2.75) is 6.92 Å². The number of carbonyl (C=O) groups excluding carboxylic acids is 1. The van der Waals surface area contributed by atoms with E-state index in [0.29, 0.717) is 22.1 Å². The van der Waals surface area contributed by atoms with Crippen LogP contribution in [0.4, 0.5) is 5.13 Å². The third-order valence-corrected chi connectivity index (χ3v) is 4.39. The Morgan fingerprint density at radius 1 is 1.04 bits per heavy atom. The minimum Gasteiger partial charge on any atom is -0.296 e. The number of anilines is 1. The monoisotopic (exact) mass is 347 g/mol. The Kier molecular flexibility index (Phi) is 3.91. The highest BCUT2D eigenvalue weighted by Crippen LogP contribution is 2.25. The van der Waals surface area contributed by atoms with Gasteiger partial charge in [0.05, 0.1) is 22.5 Å². The Balaban J connectivity index is 1.82. The first-order valence-corrected chi connectivity index (χ1v) is 8.45. The first-order valence-electron chi connectivity index (χ1n) is 7.63. The number of nitrogens with zero attached hydrogens (tertiary/aromatic N) is 4. The summed E-state index contributed by atoms with van der Waals surface area (Å²) in [7, 11) is 0. The third-order valence-electron chi connectivity index (χ3n) is 3.63. The van der Waals surface area contributed by atoms with Crippen LogP contribution in [-0.4, -0.2) is 26.1 Å². The first kappa shape index (κ1) is 15.3. The summed E-state index contributed by atoms with van der Waals surface area (Å²) in [5.41, 5.74) is 2.63. The molecule has 3 aromatic heterocycles. The van der Waals surface area contributed by atoms with Crippen LogP contribution in [0.5, 0.6) is 0 Å². The third kappa shape index (κ3) is 3.09. The zero-order valence-electron chi connectivity index (χ0n) is 13.3. The molecule has 4 aromatic rings. The number of nitrogens with one attached hydrogen (secondary N) is 1. The molecule has 1 amide bonds. The molecule has 25 heavy (non-hydrogen) atoms. The number of rotatable bonds is 3. The molecule has 0 bridgehead atoms. The maximum absolute atomic E-state index is 12.8. The molecular weight excluding hydrogens is 334 g/mol. The summed E-state index contributed by atoms with van der Waals surface area (Å²) in [5.74, 6) is -0.244. The maximum atomic E-state index is 12.8. The van der Waals surface area contributed by atoms with Crippen molar-refractivity contribution in [3.05, 3.63) is 65.3 Å².